The number of aryl methyl sites for hydroxylation is 1. The van der Waals surface area contributed by atoms with E-state index in [9.17, 15) is 0 Å². The highest BCUT2D eigenvalue weighted by Crippen LogP contribution is 2.29. The lowest BCUT2D eigenvalue weighted by molar-refractivity contribution is 0.239. The first-order chi connectivity index (χ1) is 11.3. The fourth-order valence-electron chi connectivity index (χ4n) is 3.09. The molecule has 0 amide bonds. The van der Waals surface area contributed by atoms with Gasteiger partial charge in [-0.25, -0.2) is 9.67 Å². The van der Waals surface area contributed by atoms with Gasteiger partial charge in [-0.15, -0.1) is 0 Å². The summed E-state index contributed by atoms with van der Waals surface area (Å²) in [7, 11) is 0. The smallest absolute Gasteiger partial charge is 0.150 e. The van der Waals surface area contributed by atoms with Crippen LogP contribution in [0.25, 0.3) is 10.1 Å². The van der Waals surface area contributed by atoms with Crippen molar-refractivity contribution in [3.63, 3.8) is 0 Å². The van der Waals surface area contributed by atoms with E-state index in [1.54, 1.807) is 17.9 Å². The highest BCUT2D eigenvalue weighted by Gasteiger charge is 2.21. The predicted octanol–water partition coefficient (Wildman–Crippen LogP) is 2.23. The van der Waals surface area contributed by atoms with Gasteiger partial charge in [-0.1, -0.05) is 12.1 Å². The second-order valence-corrected chi connectivity index (χ2v) is 6.56. The van der Waals surface area contributed by atoms with Crippen LogP contribution < -0.4 is 4.90 Å². The zero-order chi connectivity index (χ0) is 15.6. The van der Waals surface area contributed by atoms with E-state index >= 15 is 0 Å². The molecule has 3 aromatic rings. The van der Waals surface area contributed by atoms with Gasteiger partial charge in [-0.3, -0.25) is 4.90 Å². The number of nitrogens with zero attached hydrogens (tertiary/aromatic N) is 6. The third kappa shape index (κ3) is 2.82. The Kier molecular flexibility index (Phi) is 3.97. The van der Waals surface area contributed by atoms with Crippen molar-refractivity contribution in [2.24, 2.45) is 0 Å². The normalized spacial score (nSPS) is 16.3. The molecule has 0 saturated carbocycles. The molecular weight excluding hydrogens is 308 g/mol. The van der Waals surface area contributed by atoms with Gasteiger partial charge in [-0.2, -0.15) is 9.47 Å². The van der Waals surface area contributed by atoms with E-state index in [0.29, 0.717) is 0 Å². The first-order valence-corrected chi connectivity index (χ1v) is 8.81. The molecule has 1 aliphatic rings. The molecule has 23 heavy (non-hydrogen) atoms. The van der Waals surface area contributed by atoms with Gasteiger partial charge in [0, 0.05) is 38.1 Å². The zero-order valence-electron chi connectivity index (χ0n) is 13.2. The van der Waals surface area contributed by atoms with Gasteiger partial charge in [0.2, 0.25) is 0 Å². The maximum absolute atomic E-state index is 4.67. The van der Waals surface area contributed by atoms with Crippen LogP contribution in [0.15, 0.2) is 30.6 Å². The molecule has 0 bridgehead atoms. The largest absolute Gasteiger partial charge is 0.353 e. The molecule has 0 spiro atoms. The van der Waals surface area contributed by atoms with Crippen LogP contribution in [-0.4, -0.2) is 50.2 Å². The average Bonchev–Trinajstić information content (AvgIpc) is 3.22. The summed E-state index contributed by atoms with van der Waals surface area (Å²) in [6.45, 7) is 7.93. The van der Waals surface area contributed by atoms with Crippen molar-refractivity contribution in [1.29, 1.82) is 0 Å². The molecule has 0 radical (unpaired) electrons. The van der Waals surface area contributed by atoms with Crippen molar-refractivity contribution in [2.75, 3.05) is 31.1 Å². The van der Waals surface area contributed by atoms with Gasteiger partial charge in [0.05, 0.1) is 11.2 Å². The van der Waals surface area contributed by atoms with Gasteiger partial charge in [0.1, 0.15) is 18.0 Å². The number of rotatable bonds is 4. The number of hydrogen-bond acceptors (Lipinski definition) is 6. The molecule has 7 heteroatoms. The number of fused-ring (bicyclic) bond motifs is 1. The lowest BCUT2D eigenvalue weighted by Gasteiger charge is -2.34. The fourth-order valence-corrected chi connectivity index (χ4v) is 3.89. The van der Waals surface area contributed by atoms with Crippen molar-refractivity contribution in [3.05, 3.63) is 36.4 Å². The molecule has 0 atom stereocenters. The summed E-state index contributed by atoms with van der Waals surface area (Å²) >= 11 is 1.59. The van der Waals surface area contributed by atoms with Gasteiger partial charge in [0.15, 0.2) is 0 Å². The van der Waals surface area contributed by atoms with E-state index < -0.39 is 0 Å². The Hall–Kier alpha value is -1.99. The summed E-state index contributed by atoms with van der Waals surface area (Å²) in [5.74, 6) is 2.20. The van der Waals surface area contributed by atoms with Crippen LogP contribution in [0.3, 0.4) is 0 Å². The molecule has 1 fully saturated rings. The highest BCUT2D eigenvalue weighted by molar-refractivity contribution is 7.13. The Balaban J connectivity index is 1.43. The van der Waals surface area contributed by atoms with E-state index in [-0.39, 0.29) is 0 Å². The first-order valence-electron chi connectivity index (χ1n) is 8.03. The molecular formula is C16H20N6S. The van der Waals surface area contributed by atoms with E-state index in [1.165, 1.54) is 10.1 Å². The summed E-state index contributed by atoms with van der Waals surface area (Å²) in [6.07, 6.45) is 1.65. The number of benzene rings is 1. The molecule has 4 rings (SSSR count). The quantitative estimate of drug-likeness (QED) is 0.735. The van der Waals surface area contributed by atoms with Crippen LogP contribution in [0.5, 0.6) is 0 Å². The lowest BCUT2D eigenvalue weighted by atomic mass is 10.2. The van der Waals surface area contributed by atoms with Crippen LogP contribution in [0.4, 0.5) is 5.82 Å². The molecule has 1 aromatic carbocycles. The Labute approximate surface area is 139 Å². The molecule has 1 saturated heterocycles. The van der Waals surface area contributed by atoms with Crippen LogP contribution >= 0.6 is 11.5 Å². The van der Waals surface area contributed by atoms with Crippen molar-refractivity contribution in [3.8, 4) is 0 Å². The summed E-state index contributed by atoms with van der Waals surface area (Å²) in [5.41, 5.74) is 0. The van der Waals surface area contributed by atoms with Crippen molar-refractivity contribution < 1.29 is 0 Å². The molecule has 0 N–H and O–H groups in total. The van der Waals surface area contributed by atoms with Crippen LogP contribution in [0.1, 0.15) is 12.7 Å². The summed E-state index contributed by atoms with van der Waals surface area (Å²) < 4.78 is 7.91. The number of aromatic nitrogens is 4. The minimum absolute atomic E-state index is 0.874. The maximum atomic E-state index is 4.67. The lowest BCUT2D eigenvalue weighted by Crippen LogP contribution is -2.46. The van der Waals surface area contributed by atoms with Gasteiger partial charge >= 0.3 is 0 Å². The predicted molar refractivity (Wildman–Crippen MR) is 92.8 cm³/mol. The van der Waals surface area contributed by atoms with E-state index in [1.807, 2.05) is 4.68 Å². The van der Waals surface area contributed by atoms with Gasteiger partial charge < -0.3 is 4.90 Å². The number of anilines is 1. The second kappa shape index (κ2) is 6.25. The molecule has 120 valence electrons. The summed E-state index contributed by atoms with van der Waals surface area (Å²) in [5, 5.41) is 5.52. The molecule has 0 unspecified atom stereocenters. The number of piperazine rings is 1. The third-order valence-electron chi connectivity index (χ3n) is 4.39. The van der Waals surface area contributed by atoms with Gasteiger partial charge in [-0.05, 0) is 30.6 Å². The standard InChI is InChI=1S/C16H20N6S/c1-2-22-15(17-12-18-22)11-20-7-9-21(10-8-20)16-13-5-3-4-6-14(13)23-19-16/h3-6,12H,2,7-11H2,1H3. The maximum Gasteiger partial charge on any atom is 0.150 e. The van der Waals surface area contributed by atoms with Crippen LogP contribution in [-0.2, 0) is 13.1 Å². The van der Waals surface area contributed by atoms with E-state index in [2.05, 4.69) is 55.4 Å². The molecule has 3 heterocycles. The van der Waals surface area contributed by atoms with Crippen molar-refractivity contribution in [2.45, 2.75) is 20.0 Å². The molecule has 6 nitrogen and oxygen atoms in total. The van der Waals surface area contributed by atoms with E-state index in [4.69, 9.17) is 0 Å². The van der Waals surface area contributed by atoms with Gasteiger partial charge in [0.25, 0.3) is 0 Å². The van der Waals surface area contributed by atoms with Crippen LogP contribution in [0, 0.1) is 0 Å². The Morgan fingerprint density at radius 3 is 2.78 bits per heavy atom. The first kappa shape index (κ1) is 14.6. The van der Waals surface area contributed by atoms with Crippen LogP contribution in [0.2, 0.25) is 0 Å². The van der Waals surface area contributed by atoms with Crippen molar-refractivity contribution >= 4 is 27.4 Å². The topological polar surface area (TPSA) is 50.1 Å². The molecule has 2 aromatic heterocycles. The highest BCUT2D eigenvalue weighted by atomic mass is 32.1. The minimum Gasteiger partial charge on any atom is -0.353 e. The van der Waals surface area contributed by atoms with Crippen molar-refractivity contribution in [1.82, 2.24) is 24.0 Å². The summed E-state index contributed by atoms with van der Waals surface area (Å²) in [4.78, 5) is 9.23. The third-order valence-corrected chi connectivity index (χ3v) is 5.21. The SMILES string of the molecule is CCn1ncnc1CN1CCN(c2nsc3ccccc23)CC1. The summed E-state index contributed by atoms with van der Waals surface area (Å²) in [6, 6.07) is 8.48. The average molecular weight is 328 g/mol. The molecule has 1 aliphatic heterocycles. The Morgan fingerprint density at radius 2 is 1.96 bits per heavy atom. The Bertz CT molecular complexity index is 787. The van der Waals surface area contributed by atoms with E-state index in [0.717, 1.165) is 50.9 Å². The zero-order valence-corrected chi connectivity index (χ0v) is 14.0. The minimum atomic E-state index is 0.874. The number of hydrogen-bond donors (Lipinski definition) is 0. The monoisotopic (exact) mass is 328 g/mol. The Morgan fingerprint density at radius 1 is 1.13 bits per heavy atom. The second-order valence-electron chi connectivity index (χ2n) is 5.76. The fraction of sp³-hybridized carbons (Fsp3) is 0.438. The molecule has 0 aliphatic carbocycles.